The van der Waals surface area contributed by atoms with Crippen LogP contribution in [-0.2, 0) is 4.74 Å². The Morgan fingerprint density at radius 3 is 2.65 bits per heavy atom. The largest absolute Gasteiger partial charge is 0.438 e. The zero-order valence-corrected chi connectivity index (χ0v) is 23.3. The van der Waals surface area contributed by atoms with Gasteiger partial charge in [0.1, 0.15) is 5.75 Å². The summed E-state index contributed by atoms with van der Waals surface area (Å²) in [7, 11) is 1.78. The van der Waals surface area contributed by atoms with E-state index in [4.69, 9.17) is 14.5 Å². The number of amides is 1. The lowest BCUT2D eigenvalue weighted by Crippen LogP contribution is -2.36. The van der Waals surface area contributed by atoms with Gasteiger partial charge >= 0.3 is 0 Å². The molecule has 2 aromatic heterocycles. The lowest BCUT2D eigenvalue weighted by molar-refractivity contribution is 0.102. The molecule has 0 atom stereocenters. The Morgan fingerprint density at radius 2 is 1.88 bits per heavy atom. The average molecular weight is 539 g/mol. The number of morpholine rings is 1. The maximum absolute atomic E-state index is 13.2. The summed E-state index contributed by atoms with van der Waals surface area (Å²) in [5.74, 6) is 1.58. The summed E-state index contributed by atoms with van der Waals surface area (Å²) >= 11 is 0. The molecule has 1 aliphatic heterocycles. The first-order chi connectivity index (χ1) is 19.4. The zero-order chi connectivity index (χ0) is 28.1. The van der Waals surface area contributed by atoms with Gasteiger partial charge in [-0.15, -0.1) is 0 Å². The van der Waals surface area contributed by atoms with E-state index in [0.717, 1.165) is 41.2 Å². The minimum atomic E-state index is -0.212. The topological polar surface area (TPSA) is 102 Å². The third-order valence-corrected chi connectivity index (χ3v) is 6.84. The molecule has 2 N–H and O–H groups in total. The summed E-state index contributed by atoms with van der Waals surface area (Å²) in [6.45, 7) is 9.09. The summed E-state index contributed by atoms with van der Waals surface area (Å²) in [6.07, 6.45) is 3.50. The zero-order valence-electron chi connectivity index (χ0n) is 23.3. The van der Waals surface area contributed by atoms with Crippen molar-refractivity contribution in [2.75, 3.05) is 48.9 Å². The van der Waals surface area contributed by atoms with Gasteiger partial charge < -0.3 is 25.0 Å². The van der Waals surface area contributed by atoms with Gasteiger partial charge in [0.25, 0.3) is 5.91 Å². The number of rotatable bonds is 8. The van der Waals surface area contributed by atoms with Gasteiger partial charge in [0, 0.05) is 37.6 Å². The molecule has 2 aromatic carbocycles. The number of aryl methyl sites for hydroxylation is 1. The number of carbonyl (C=O) groups excluding carboxylic acids is 1. The fraction of sp³-hybridized carbons (Fsp3) is 0.290. The molecule has 1 fully saturated rings. The first-order valence-electron chi connectivity index (χ1n) is 13.4. The Morgan fingerprint density at radius 1 is 1.05 bits per heavy atom. The van der Waals surface area contributed by atoms with Crippen molar-refractivity contribution in [2.45, 2.75) is 26.7 Å². The predicted molar refractivity (Wildman–Crippen MR) is 158 cm³/mol. The molecule has 1 saturated heterocycles. The number of benzene rings is 2. The minimum Gasteiger partial charge on any atom is -0.438 e. The quantitative estimate of drug-likeness (QED) is 0.286. The number of pyridine rings is 1. The van der Waals surface area contributed by atoms with Crippen molar-refractivity contribution in [3.8, 4) is 22.9 Å². The van der Waals surface area contributed by atoms with Gasteiger partial charge in [0.15, 0.2) is 0 Å². The number of nitrogens with one attached hydrogen (secondary N) is 2. The summed E-state index contributed by atoms with van der Waals surface area (Å²) in [4.78, 5) is 29.0. The Balaban J connectivity index is 1.46. The number of hydrogen-bond acceptors (Lipinski definition) is 8. The lowest BCUT2D eigenvalue weighted by atomic mass is 10.0. The number of carbonyl (C=O) groups is 1. The number of ether oxygens (including phenoxy) is 2. The van der Waals surface area contributed by atoms with Crippen LogP contribution in [0.4, 0.5) is 17.3 Å². The van der Waals surface area contributed by atoms with Crippen LogP contribution in [0.1, 0.15) is 41.3 Å². The van der Waals surface area contributed by atoms with Crippen LogP contribution >= 0.6 is 0 Å². The van der Waals surface area contributed by atoms with Gasteiger partial charge in [-0.2, -0.15) is 0 Å². The molecule has 0 spiro atoms. The first-order valence-corrected chi connectivity index (χ1v) is 13.4. The fourth-order valence-electron chi connectivity index (χ4n) is 4.46. The van der Waals surface area contributed by atoms with Gasteiger partial charge in [-0.1, -0.05) is 32.0 Å². The Kier molecular flexibility index (Phi) is 8.21. The van der Waals surface area contributed by atoms with E-state index in [1.807, 2.05) is 43.3 Å². The molecule has 4 aromatic rings. The summed E-state index contributed by atoms with van der Waals surface area (Å²) in [5.41, 5.74) is 5.64. The second-order valence-corrected chi connectivity index (χ2v) is 9.98. The Labute approximate surface area is 234 Å². The second kappa shape index (κ2) is 12.1. The summed E-state index contributed by atoms with van der Waals surface area (Å²) < 4.78 is 11.9. The minimum absolute atomic E-state index is 0.212. The molecule has 0 aliphatic carbocycles. The highest BCUT2D eigenvalue weighted by molar-refractivity contribution is 6.04. The maximum atomic E-state index is 13.2. The van der Waals surface area contributed by atoms with Crippen LogP contribution in [0, 0.1) is 6.92 Å². The van der Waals surface area contributed by atoms with E-state index in [1.165, 1.54) is 0 Å². The molecule has 9 heteroatoms. The normalized spacial score (nSPS) is 13.3. The number of aromatic nitrogens is 3. The Hall–Kier alpha value is -4.50. The van der Waals surface area contributed by atoms with Gasteiger partial charge in [0.05, 0.1) is 36.4 Å². The molecular formula is C31H34N6O3. The van der Waals surface area contributed by atoms with Crippen molar-refractivity contribution < 1.29 is 14.3 Å². The van der Waals surface area contributed by atoms with Gasteiger partial charge in [-0.05, 0) is 60.4 Å². The lowest BCUT2D eigenvalue weighted by Gasteiger charge is -2.29. The van der Waals surface area contributed by atoms with Crippen LogP contribution < -0.4 is 20.3 Å². The number of nitrogens with zero attached hydrogens (tertiary/aromatic N) is 4. The van der Waals surface area contributed by atoms with E-state index in [1.54, 1.807) is 31.6 Å². The molecule has 0 saturated carbocycles. The van der Waals surface area contributed by atoms with Crippen molar-refractivity contribution in [1.82, 2.24) is 15.0 Å². The van der Waals surface area contributed by atoms with E-state index >= 15 is 0 Å². The fourth-order valence-corrected chi connectivity index (χ4v) is 4.46. The van der Waals surface area contributed by atoms with Crippen LogP contribution in [-0.4, -0.2) is 54.2 Å². The van der Waals surface area contributed by atoms with Crippen molar-refractivity contribution >= 4 is 23.2 Å². The highest BCUT2D eigenvalue weighted by Gasteiger charge is 2.19. The van der Waals surface area contributed by atoms with Crippen molar-refractivity contribution in [3.63, 3.8) is 0 Å². The van der Waals surface area contributed by atoms with E-state index < -0.39 is 0 Å². The van der Waals surface area contributed by atoms with E-state index in [-0.39, 0.29) is 5.91 Å². The highest BCUT2D eigenvalue weighted by atomic mass is 16.5. The molecule has 1 aliphatic rings. The smallest absolute Gasteiger partial charge is 0.255 e. The molecule has 0 radical (unpaired) electrons. The number of anilines is 3. The van der Waals surface area contributed by atoms with E-state index in [2.05, 4.69) is 45.4 Å². The van der Waals surface area contributed by atoms with Crippen LogP contribution in [0.15, 0.2) is 67.0 Å². The molecule has 0 bridgehead atoms. The van der Waals surface area contributed by atoms with Gasteiger partial charge in [0.2, 0.25) is 11.8 Å². The van der Waals surface area contributed by atoms with Crippen molar-refractivity contribution in [3.05, 3.63) is 83.7 Å². The average Bonchev–Trinajstić information content (AvgIpc) is 2.99. The maximum Gasteiger partial charge on any atom is 0.255 e. The van der Waals surface area contributed by atoms with Crippen LogP contribution in [0.3, 0.4) is 0 Å². The molecule has 40 heavy (non-hydrogen) atoms. The van der Waals surface area contributed by atoms with Crippen LogP contribution in [0.5, 0.6) is 11.6 Å². The Bertz CT molecular complexity index is 1500. The van der Waals surface area contributed by atoms with Crippen molar-refractivity contribution in [2.24, 2.45) is 0 Å². The molecule has 1 amide bonds. The van der Waals surface area contributed by atoms with Crippen LogP contribution in [0.2, 0.25) is 0 Å². The molecular weight excluding hydrogens is 504 g/mol. The monoisotopic (exact) mass is 538 g/mol. The SMILES string of the molecule is CNc1nccc(-c2cc(N3CCOCC3)cnc2Oc2cc(C(=O)Nc3cccc(C(C)C)c3)ccc2C)n1. The molecule has 9 nitrogen and oxygen atoms in total. The summed E-state index contributed by atoms with van der Waals surface area (Å²) in [6, 6.07) is 17.2. The number of hydrogen-bond donors (Lipinski definition) is 2. The van der Waals surface area contributed by atoms with E-state index in [0.29, 0.717) is 48.0 Å². The van der Waals surface area contributed by atoms with Crippen LogP contribution in [0.25, 0.3) is 11.3 Å². The summed E-state index contributed by atoms with van der Waals surface area (Å²) in [5, 5.41) is 6.00. The second-order valence-electron chi connectivity index (χ2n) is 9.98. The molecule has 3 heterocycles. The van der Waals surface area contributed by atoms with Crippen molar-refractivity contribution in [1.29, 1.82) is 0 Å². The predicted octanol–water partition coefficient (Wildman–Crippen LogP) is 5.89. The van der Waals surface area contributed by atoms with Gasteiger partial charge in [-0.3, -0.25) is 4.79 Å². The molecule has 5 rings (SSSR count). The first kappa shape index (κ1) is 27.1. The van der Waals surface area contributed by atoms with Gasteiger partial charge in [-0.25, -0.2) is 15.0 Å². The molecule has 206 valence electrons. The standard InChI is InChI=1S/C31H34N6O3/c1-20(2)22-6-5-7-24(16-22)35-29(38)23-9-8-21(3)28(17-23)40-30-26(27-10-11-33-31(32-4)36-27)18-25(19-34-30)37-12-14-39-15-13-37/h5-11,16-20H,12-15H2,1-4H3,(H,35,38)(H,32,33,36). The third-order valence-electron chi connectivity index (χ3n) is 6.84. The molecule has 0 unspecified atom stereocenters. The highest BCUT2D eigenvalue weighted by Crippen LogP contribution is 2.35. The third kappa shape index (κ3) is 6.21. The van der Waals surface area contributed by atoms with E-state index in [9.17, 15) is 4.79 Å².